The van der Waals surface area contributed by atoms with Crippen molar-refractivity contribution in [3.63, 3.8) is 0 Å². The van der Waals surface area contributed by atoms with Gasteiger partial charge in [0.2, 0.25) is 0 Å². The third kappa shape index (κ3) is 3.50. The van der Waals surface area contributed by atoms with E-state index in [4.69, 9.17) is 10.1 Å². The molecule has 0 saturated carbocycles. The Kier molecular flexibility index (Phi) is 4.52. The third-order valence-corrected chi connectivity index (χ3v) is 5.10. The molecule has 1 aromatic heterocycles. The number of carboxylic acids is 1. The maximum absolute atomic E-state index is 13.7. The van der Waals surface area contributed by atoms with E-state index in [1.165, 1.54) is 12.1 Å². The summed E-state index contributed by atoms with van der Waals surface area (Å²) in [5, 5.41) is 12.1. The van der Waals surface area contributed by atoms with E-state index in [2.05, 4.69) is 0 Å². The van der Waals surface area contributed by atoms with Gasteiger partial charge in [0.15, 0.2) is 0 Å². The van der Waals surface area contributed by atoms with Crippen molar-refractivity contribution in [1.82, 2.24) is 4.98 Å². The molecule has 1 heterocycles. The molecule has 0 atom stereocenters. The Morgan fingerprint density at radius 1 is 0.852 bits per heavy atom. The smallest absolute Gasteiger partial charge is 0.338 e. The summed E-state index contributed by atoms with van der Waals surface area (Å²) in [5.41, 5.74) is 3.96. The van der Waals surface area contributed by atoms with Gasteiger partial charge in [-0.3, -0.25) is 0 Å². The molecule has 1 N–H and O–H groups in total. The Balaban J connectivity index is 1.71. The second-order valence-electron chi connectivity index (χ2n) is 5.98. The topological polar surface area (TPSA) is 50.2 Å². The van der Waals surface area contributed by atoms with Crippen molar-refractivity contribution in [2.45, 2.75) is 0 Å². The van der Waals surface area contributed by atoms with Crippen molar-refractivity contribution in [3.8, 4) is 33.0 Å². The first-order valence-electron chi connectivity index (χ1n) is 8.26. The molecular weight excluding hydrogens is 361 g/mol. The minimum Gasteiger partial charge on any atom is -0.478 e. The molecule has 0 amide bonds. The number of aromatic carboxylic acids is 1. The molecule has 0 radical (unpaired) electrons. The molecule has 0 bridgehead atoms. The normalized spacial score (nSPS) is 10.7. The van der Waals surface area contributed by atoms with Crippen LogP contribution in [0.2, 0.25) is 0 Å². The quantitative estimate of drug-likeness (QED) is 0.477. The van der Waals surface area contributed by atoms with E-state index < -0.39 is 11.8 Å². The summed E-state index contributed by atoms with van der Waals surface area (Å²) in [6.45, 7) is 0. The number of halogens is 1. The largest absolute Gasteiger partial charge is 0.478 e. The summed E-state index contributed by atoms with van der Waals surface area (Å²) < 4.78 is 13.7. The predicted octanol–water partition coefficient (Wildman–Crippen LogP) is 5.98. The van der Waals surface area contributed by atoms with Gasteiger partial charge in [-0.05, 0) is 29.3 Å². The van der Waals surface area contributed by atoms with Crippen LogP contribution in [0.3, 0.4) is 0 Å². The highest BCUT2D eigenvalue weighted by Gasteiger charge is 2.13. The first-order valence-corrected chi connectivity index (χ1v) is 9.14. The zero-order chi connectivity index (χ0) is 18.8. The van der Waals surface area contributed by atoms with Crippen LogP contribution >= 0.6 is 11.3 Å². The Morgan fingerprint density at radius 2 is 1.56 bits per heavy atom. The van der Waals surface area contributed by atoms with Gasteiger partial charge in [0.05, 0.1) is 11.3 Å². The SMILES string of the molecule is O=C(O)c1cc(-c2cccc(-c3csc(-c4ccccc4)n3)c2)ccc1F. The number of hydrogen-bond acceptors (Lipinski definition) is 3. The molecule has 132 valence electrons. The molecule has 3 aromatic carbocycles. The highest BCUT2D eigenvalue weighted by molar-refractivity contribution is 7.13. The number of hydrogen-bond donors (Lipinski definition) is 1. The molecule has 0 aliphatic carbocycles. The van der Waals surface area contributed by atoms with Crippen molar-refractivity contribution in [2.24, 2.45) is 0 Å². The minimum atomic E-state index is -1.28. The number of rotatable bonds is 4. The van der Waals surface area contributed by atoms with E-state index >= 15 is 0 Å². The fraction of sp³-hybridized carbons (Fsp3) is 0. The van der Waals surface area contributed by atoms with Crippen molar-refractivity contribution in [3.05, 3.63) is 89.6 Å². The molecule has 3 nitrogen and oxygen atoms in total. The average Bonchev–Trinajstić information content (AvgIpc) is 3.19. The molecule has 0 saturated heterocycles. The summed E-state index contributed by atoms with van der Waals surface area (Å²) in [5.74, 6) is -2.02. The van der Waals surface area contributed by atoms with E-state index in [1.54, 1.807) is 17.4 Å². The van der Waals surface area contributed by atoms with Gasteiger partial charge in [0, 0.05) is 16.5 Å². The maximum Gasteiger partial charge on any atom is 0.338 e. The van der Waals surface area contributed by atoms with Gasteiger partial charge < -0.3 is 5.11 Å². The average molecular weight is 375 g/mol. The first-order chi connectivity index (χ1) is 13.1. The monoisotopic (exact) mass is 375 g/mol. The molecular formula is C22H14FNO2S. The number of benzene rings is 3. The Labute approximate surface area is 159 Å². The fourth-order valence-corrected chi connectivity index (χ4v) is 3.68. The van der Waals surface area contributed by atoms with Gasteiger partial charge in [-0.1, -0.05) is 54.6 Å². The number of carbonyl (C=O) groups is 1. The molecule has 0 unspecified atom stereocenters. The molecule has 0 fully saturated rings. The third-order valence-electron chi connectivity index (χ3n) is 4.21. The zero-order valence-corrected chi connectivity index (χ0v) is 14.9. The van der Waals surface area contributed by atoms with Crippen LogP contribution in [-0.2, 0) is 0 Å². The van der Waals surface area contributed by atoms with Crippen LogP contribution in [0.1, 0.15) is 10.4 Å². The molecule has 4 aromatic rings. The second kappa shape index (κ2) is 7.13. The van der Waals surface area contributed by atoms with Gasteiger partial charge in [0.25, 0.3) is 0 Å². The van der Waals surface area contributed by atoms with E-state index in [1.807, 2.05) is 60.0 Å². The molecule has 4 rings (SSSR count). The fourth-order valence-electron chi connectivity index (χ4n) is 2.85. The summed E-state index contributed by atoms with van der Waals surface area (Å²) in [4.78, 5) is 15.9. The number of nitrogens with zero attached hydrogens (tertiary/aromatic N) is 1. The molecule has 27 heavy (non-hydrogen) atoms. The second-order valence-corrected chi connectivity index (χ2v) is 6.84. The van der Waals surface area contributed by atoms with Crippen molar-refractivity contribution >= 4 is 17.3 Å². The lowest BCUT2D eigenvalue weighted by Crippen LogP contribution is -2.00. The number of carboxylic acid groups (broad SMARTS) is 1. The molecule has 0 spiro atoms. The van der Waals surface area contributed by atoms with Crippen LogP contribution in [0.15, 0.2) is 78.2 Å². The molecule has 0 aliphatic rings. The predicted molar refractivity (Wildman–Crippen MR) is 105 cm³/mol. The van der Waals surface area contributed by atoms with E-state index in [-0.39, 0.29) is 5.56 Å². The van der Waals surface area contributed by atoms with Crippen LogP contribution in [0.4, 0.5) is 4.39 Å². The zero-order valence-electron chi connectivity index (χ0n) is 14.1. The van der Waals surface area contributed by atoms with Crippen molar-refractivity contribution in [2.75, 3.05) is 0 Å². The Bertz CT molecular complexity index is 1120. The van der Waals surface area contributed by atoms with Gasteiger partial charge in [-0.25, -0.2) is 14.2 Å². The lowest BCUT2D eigenvalue weighted by molar-refractivity contribution is 0.0692. The summed E-state index contributed by atoms with van der Waals surface area (Å²) in [6, 6.07) is 21.7. The summed E-state index contributed by atoms with van der Waals surface area (Å²) >= 11 is 1.57. The Hall–Kier alpha value is -3.31. The van der Waals surface area contributed by atoms with Crippen LogP contribution in [0.25, 0.3) is 33.0 Å². The van der Waals surface area contributed by atoms with Crippen molar-refractivity contribution < 1.29 is 14.3 Å². The lowest BCUT2D eigenvalue weighted by atomic mass is 10.00. The van der Waals surface area contributed by atoms with Gasteiger partial charge in [0.1, 0.15) is 10.8 Å². The van der Waals surface area contributed by atoms with Gasteiger partial charge >= 0.3 is 5.97 Å². The van der Waals surface area contributed by atoms with E-state index in [0.717, 1.165) is 27.4 Å². The molecule has 5 heteroatoms. The molecule has 0 aliphatic heterocycles. The standard InChI is InChI=1S/C22H14FNO2S/c23-19-10-9-16(12-18(19)22(25)26)15-7-4-8-17(11-15)20-13-27-21(24-20)14-5-2-1-3-6-14/h1-13H,(H,25,26). The van der Waals surface area contributed by atoms with E-state index in [9.17, 15) is 9.18 Å². The van der Waals surface area contributed by atoms with Crippen LogP contribution in [0.5, 0.6) is 0 Å². The van der Waals surface area contributed by atoms with Crippen LogP contribution < -0.4 is 0 Å². The Morgan fingerprint density at radius 3 is 2.33 bits per heavy atom. The summed E-state index contributed by atoms with van der Waals surface area (Å²) in [7, 11) is 0. The lowest BCUT2D eigenvalue weighted by Gasteiger charge is -2.06. The van der Waals surface area contributed by atoms with Crippen molar-refractivity contribution in [1.29, 1.82) is 0 Å². The van der Waals surface area contributed by atoms with Gasteiger partial charge in [-0.15, -0.1) is 11.3 Å². The minimum absolute atomic E-state index is 0.335. The maximum atomic E-state index is 13.7. The first kappa shape index (κ1) is 17.1. The van der Waals surface area contributed by atoms with Crippen LogP contribution in [-0.4, -0.2) is 16.1 Å². The number of aromatic nitrogens is 1. The highest BCUT2D eigenvalue weighted by Crippen LogP contribution is 2.31. The van der Waals surface area contributed by atoms with E-state index in [0.29, 0.717) is 5.56 Å². The van der Waals surface area contributed by atoms with Gasteiger partial charge in [-0.2, -0.15) is 0 Å². The highest BCUT2D eigenvalue weighted by atomic mass is 32.1. The number of thiazole rings is 1. The summed E-state index contributed by atoms with van der Waals surface area (Å²) in [6.07, 6.45) is 0. The van der Waals surface area contributed by atoms with Crippen LogP contribution in [0, 0.1) is 5.82 Å².